The van der Waals surface area contributed by atoms with Crippen LogP contribution in [0.25, 0.3) is 0 Å². The SMILES string of the molecule is C/C(=N\NC(N)=O)[C@H]1C[C@]1(C)C(C)C. The van der Waals surface area contributed by atoms with Crippen molar-refractivity contribution in [1.29, 1.82) is 0 Å². The number of rotatable bonds is 3. The summed E-state index contributed by atoms with van der Waals surface area (Å²) >= 11 is 0. The van der Waals surface area contributed by atoms with Crippen LogP contribution < -0.4 is 11.2 Å². The third-order valence-electron chi connectivity index (χ3n) is 3.45. The van der Waals surface area contributed by atoms with Gasteiger partial charge in [-0.1, -0.05) is 20.8 Å². The summed E-state index contributed by atoms with van der Waals surface area (Å²) in [7, 11) is 0. The smallest absolute Gasteiger partial charge is 0.332 e. The van der Waals surface area contributed by atoms with Crippen molar-refractivity contribution in [3.8, 4) is 0 Å². The van der Waals surface area contributed by atoms with Crippen LogP contribution in [0.3, 0.4) is 0 Å². The zero-order chi connectivity index (χ0) is 10.9. The van der Waals surface area contributed by atoms with Gasteiger partial charge in [-0.3, -0.25) is 0 Å². The van der Waals surface area contributed by atoms with E-state index in [1.165, 1.54) is 0 Å². The molecule has 2 amide bonds. The molecular weight excluding hydrogens is 178 g/mol. The Hall–Kier alpha value is -1.06. The van der Waals surface area contributed by atoms with Crippen molar-refractivity contribution >= 4 is 11.7 Å². The predicted molar refractivity (Wildman–Crippen MR) is 56.9 cm³/mol. The van der Waals surface area contributed by atoms with E-state index in [2.05, 4.69) is 31.3 Å². The van der Waals surface area contributed by atoms with E-state index in [0.29, 0.717) is 17.3 Å². The molecule has 0 radical (unpaired) electrons. The molecule has 0 bridgehead atoms. The van der Waals surface area contributed by atoms with Crippen LogP contribution in [0.2, 0.25) is 0 Å². The molecule has 0 spiro atoms. The fourth-order valence-electron chi connectivity index (χ4n) is 1.87. The van der Waals surface area contributed by atoms with E-state index in [-0.39, 0.29) is 0 Å². The summed E-state index contributed by atoms with van der Waals surface area (Å²) in [5.74, 6) is 1.14. The number of hydrazone groups is 1. The maximum atomic E-state index is 10.4. The van der Waals surface area contributed by atoms with Crippen molar-refractivity contribution in [3.05, 3.63) is 0 Å². The second kappa shape index (κ2) is 3.59. The average Bonchev–Trinajstić information content (AvgIpc) is 2.75. The summed E-state index contributed by atoms with van der Waals surface area (Å²) in [5.41, 5.74) is 8.53. The summed E-state index contributed by atoms with van der Waals surface area (Å²) in [6.45, 7) is 8.63. The quantitative estimate of drug-likeness (QED) is 0.525. The van der Waals surface area contributed by atoms with Crippen molar-refractivity contribution in [2.75, 3.05) is 0 Å². The van der Waals surface area contributed by atoms with Crippen LogP contribution in [0, 0.1) is 17.3 Å². The Morgan fingerprint density at radius 3 is 2.57 bits per heavy atom. The highest BCUT2D eigenvalue weighted by atomic mass is 16.2. The van der Waals surface area contributed by atoms with E-state index in [1.54, 1.807) is 0 Å². The van der Waals surface area contributed by atoms with Crippen LogP contribution in [-0.4, -0.2) is 11.7 Å². The molecule has 1 aliphatic carbocycles. The highest BCUT2D eigenvalue weighted by Gasteiger charge is 2.53. The largest absolute Gasteiger partial charge is 0.350 e. The summed E-state index contributed by atoms with van der Waals surface area (Å²) in [6, 6.07) is -0.601. The molecule has 0 aromatic carbocycles. The molecule has 1 rings (SSSR count). The van der Waals surface area contributed by atoms with Gasteiger partial charge in [-0.2, -0.15) is 5.10 Å². The molecular formula is C10H19N3O. The van der Waals surface area contributed by atoms with E-state index < -0.39 is 6.03 Å². The molecule has 2 atom stereocenters. The first-order chi connectivity index (χ1) is 6.38. The van der Waals surface area contributed by atoms with Gasteiger partial charge in [0.05, 0.1) is 0 Å². The van der Waals surface area contributed by atoms with Crippen LogP contribution in [0.5, 0.6) is 0 Å². The number of hydrogen-bond acceptors (Lipinski definition) is 2. The lowest BCUT2D eigenvalue weighted by molar-refractivity contribution is 0.249. The fraction of sp³-hybridized carbons (Fsp3) is 0.800. The van der Waals surface area contributed by atoms with Gasteiger partial charge in [0, 0.05) is 11.6 Å². The van der Waals surface area contributed by atoms with Gasteiger partial charge < -0.3 is 5.73 Å². The van der Waals surface area contributed by atoms with Gasteiger partial charge >= 0.3 is 6.03 Å². The van der Waals surface area contributed by atoms with Crippen molar-refractivity contribution in [1.82, 2.24) is 5.43 Å². The highest BCUT2D eigenvalue weighted by molar-refractivity contribution is 5.88. The Balaban J connectivity index is 2.54. The minimum Gasteiger partial charge on any atom is -0.350 e. The number of carbonyl (C=O) groups excluding carboxylic acids is 1. The highest BCUT2D eigenvalue weighted by Crippen LogP contribution is 2.57. The average molecular weight is 197 g/mol. The lowest BCUT2D eigenvalue weighted by Gasteiger charge is -2.15. The van der Waals surface area contributed by atoms with Gasteiger partial charge in [0.25, 0.3) is 0 Å². The minimum atomic E-state index is -0.601. The molecule has 14 heavy (non-hydrogen) atoms. The van der Waals surface area contributed by atoms with E-state index >= 15 is 0 Å². The van der Waals surface area contributed by atoms with Gasteiger partial charge in [-0.15, -0.1) is 0 Å². The molecule has 4 nitrogen and oxygen atoms in total. The van der Waals surface area contributed by atoms with Crippen molar-refractivity contribution in [2.45, 2.75) is 34.1 Å². The van der Waals surface area contributed by atoms with Crippen LogP contribution in [0.1, 0.15) is 34.1 Å². The molecule has 1 saturated carbocycles. The predicted octanol–water partition coefficient (Wildman–Crippen LogP) is 1.71. The lowest BCUT2D eigenvalue weighted by atomic mass is 9.91. The van der Waals surface area contributed by atoms with Gasteiger partial charge in [-0.25, -0.2) is 10.2 Å². The Morgan fingerprint density at radius 1 is 1.64 bits per heavy atom. The monoisotopic (exact) mass is 197 g/mol. The number of nitrogens with two attached hydrogens (primary N) is 1. The summed E-state index contributed by atoms with van der Waals surface area (Å²) in [5, 5.41) is 3.96. The maximum absolute atomic E-state index is 10.4. The maximum Gasteiger partial charge on any atom is 0.332 e. The molecule has 80 valence electrons. The number of primary amides is 1. The minimum absolute atomic E-state index is 0.354. The molecule has 0 heterocycles. The molecule has 4 heteroatoms. The van der Waals surface area contributed by atoms with Gasteiger partial charge in [-0.05, 0) is 24.7 Å². The van der Waals surface area contributed by atoms with Gasteiger partial charge in [0.2, 0.25) is 0 Å². The van der Waals surface area contributed by atoms with Crippen molar-refractivity contribution < 1.29 is 4.79 Å². The summed E-state index contributed by atoms with van der Waals surface area (Å²) < 4.78 is 0. The molecule has 0 saturated heterocycles. The molecule has 0 aromatic rings. The Labute approximate surface area is 84.9 Å². The van der Waals surface area contributed by atoms with E-state index in [9.17, 15) is 4.79 Å². The number of amides is 2. The third-order valence-corrected chi connectivity index (χ3v) is 3.45. The van der Waals surface area contributed by atoms with E-state index in [4.69, 9.17) is 5.73 Å². The molecule has 0 aliphatic heterocycles. The zero-order valence-electron chi connectivity index (χ0n) is 9.29. The summed E-state index contributed by atoms with van der Waals surface area (Å²) in [6.07, 6.45) is 1.15. The number of urea groups is 1. The molecule has 0 aromatic heterocycles. The first kappa shape index (κ1) is 11.0. The van der Waals surface area contributed by atoms with Crippen LogP contribution in [-0.2, 0) is 0 Å². The van der Waals surface area contributed by atoms with Crippen molar-refractivity contribution in [2.24, 2.45) is 28.1 Å². The Bertz CT molecular complexity index is 273. The first-order valence-corrected chi connectivity index (χ1v) is 4.97. The lowest BCUT2D eigenvalue weighted by Crippen LogP contribution is -2.26. The normalized spacial score (nSPS) is 31.8. The molecule has 3 N–H and O–H groups in total. The van der Waals surface area contributed by atoms with E-state index in [0.717, 1.165) is 12.1 Å². The van der Waals surface area contributed by atoms with Crippen molar-refractivity contribution in [3.63, 3.8) is 0 Å². The second-order valence-electron chi connectivity index (χ2n) is 4.65. The van der Waals surface area contributed by atoms with Gasteiger partial charge in [0.1, 0.15) is 0 Å². The van der Waals surface area contributed by atoms with Gasteiger partial charge in [0.15, 0.2) is 0 Å². The van der Waals surface area contributed by atoms with Crippen LogP contribution in [0.15, 0.2) is 5.10 Å². The summed E-state index contributed by atoms with van der Waals surface area (Å²) in [4.78, 5) is 10.4. The molecule has 1 aliphatic rings. The standard InChI is InChI=1S/C10H19N3O/c1-6(2)10(4)5-8(10)7(3)12-13-9(11)14/h6,8H,5H2,1-4H3,(H3,11,13,14)/b12-7+/t8-,10-/m1/s1. The number of hydrogen-bond donors (Lipinski definition) is 2. The van der Waals surface area contributed by atoms with Crippen LogP contribution in [0.4, 0.5) is 4.79 Å². The Morgan fingerprint density at radius 2 is 2.21 bits per heavy atom. The molecule has 1 fully saturated rings. The fourth-order valence-corrected chi connectivity index (χ4v) is 1.87. The second-order valence-corrected chi connectivity index (χ2v) is 4.65. The first-order valence-electron chi connectivity index (χ1n) is 4.97. The number of nitrogens with zero attached hydrogens (tertiary/aromatic N) is 1. The molecule has 0 unspecified atom stereocenters. The Kier molecular flexibility index (Phi) is 2.83. The van der Waals surface area contributed by atoms with E-state index in [1.807, 2.05) is 6.92 Å². The van der Waals surface area contributed by atoms with Crippen LogP contribution >= 0.6 is 0 Å². The number of carbonyl (C=O) groups is 1. The zero-order valence-corrected chi connectivity index (χ0v) is 9.29. The third kappa shape index (κ3) is 2.05. The number of nitrogens with one attached hydrogen (secondary N) is 1. The topological polar surface area (TPSA) is 67.5 Å².